The van der Waals surface area contributed by atoms with Crippen LogP contribution in [-0.4, -0.2) is 18.6 Å². The molecule has 0 amide bonds. The Hall–Kier alpha value is -1.35. The number of aryl methyl sites for hydroxylation is 1. The molecule has 0 saturated heterocycles. The Morgan fingerprint density at radius 2 is 2.27 bits per heavy atom. The van der Waals surface area contributed by atoms with E-state index < -0.39 is 6.04 Å². The van der Waals surface area contributed by atoms with Crippen molar-refractivity contribution < 1.29 is 9.53 Å². The highest BCUT2D eigenvalue weighted by atomic mass is 16.5. The summed E-state index contributed by atoms with van der Waals surface area (Å²) in [6.07, 6.45) is 0.528. The molecular formula is C12H17NO2. The number of hydrogen-bond donors (Lipinski definition) is 1. The van der Waals surface area contributed by atoms with Gasteiger partial charge in [0.1, 0.15) is 6.04 Å². The Morgan fingerprint density at radius 3 is 2.87 bits per heavy atom. The molecule has 15 heavy (non-hydrogen) atoms. The van der Waals surface area contributed by atoms with Gasteiger partial charge in [0, 0.05) is 0 Å². The van der Waals surface area contributed by atoms with Crippen LogP contribution >= 0.6 is 0 Å². The SMILES string of the molecule is CCOC(=O)[C@@H](N)Cc1cccc(C)c1. The van der Waals surface area contributed by atoms with Crippen molar-refractivity contribution in [3.8, 4) is 0 Å². The fourth-order valence-corrected chi connectivity index (χ4v) is 1.43. The molecule has 2 N–H and O–H groups in total. The van der Waals surface area contributed by atoms with E-state index in [2.05, 4.69) is 0 Å². The van der Waals surface area contributed by atoms with Crippen molar-refractivity contribution in [2.45, 2.75) is 26.3 Å². The molecule has 1 rings (SSSR count). The third-order valence-electron chi connectivity index (χ3n) is 2.13. The molecule has 0 bridgehead atoms. The van der Waals surface area contributed by atoms with Crippen LogP contribution in [0.15, 0.2) is 24.3 Å². The first-order valence-corrected chi connectivity index (χ1v) is 5.11. The normalized spacial score (nSPS) is 12.2. The lowest BCUT2D eigenvalue weighted by atomic mass is 10.0. The van der Waals surface area contributed by atoms with Crippen molar-refractivity contribution in [3.63, 3.8) is 0 Å². The molecular weight excluding hydrogens is 190 g/mol. The fraction of sp³-hybridized carbons (Fsp3) is 0.417. The molecule has 1 aromatic rings. The van der Waals surface area contributed by atoms with Gasteiger partial charge >= 0.3 is 5.97 Å². The second-order valence-electron chi connectivity index (χ2n) is 3.55. The van der Waals surface area contributed by atoms with E-state index in [1.165, 1.54) is 5.56 Å². The van der Waals surface area contributed by atoms with Crippen LogP contribution in [0.4, 0.5) is 0 Å². The van der Waals surface area contributed by atoms with Crippen LogP contribution in [0.5, 0.6) is 0 Å². The lowest BCUT2D eigenvalue weighted by molar-refractivity contribution is -0.144. The maximum Gasteiger partial charge on any atom is 0.323 e. The van der Waals surface area contributed by atoms with Gasteiger partial charge in [-0.1, -0.05) is 29.8 Å². The summed E-state index contributed by atoms with van der Waals surface area (Å²) in [5.41, 5.74) is 7.95. The monoisotopic (exact) mass is 207 g/mol. The zero-order valence-electron chi connectivity index (χ0n) is 9.19. The number of nitrogens with two attached hydrogens (primary N) is 1. The van der Waals surface area contributed by atoms with E-state index in [1.807, 2.05) is 31.2 Å². The van der Waals surface area contributed by atoms with Crippen molar-refractivity contribution in [1.82, 2.24) is 0 Å². The highest BCUT2D eigenvalue weighted by Crippen LogP contribution is 2.06. The van der Waals surface area contributed by atoms with Crippen LogP contribution in [0.1, 0.15) is 18.1 Å². The van der Waals surface area contributed by atoms with E-state index in [4.69, 9.17) is 10.5 Å². The quantitative estimate of drug-likeness (QED) is 0.760. The number of benzene rings is 1. The fourth-order valence-electron chi connectivity index (χ4n) is 1.43. The van der Waals surface area contributed by atoms with E-state index in [0.717, 1.165) is 5.56 Å². The Morgan fingerprint density at radius 1 is 1.53 bits per heavy atom. The number of carbonyl (C=O) groups is 1. The van der Waals surface area contributed by atoms with E-state index in [-0.39, 0.29) is 5.97 Å². The summed E-state index contributed by atoms with van der Waals surface area (Å²) in [6, 6.07) is 7.40. The molecule has 0 fully saturated rings. The van der Waals surface area contributed by atoms with Crippen molar-refractivity contribution in [3.05, 3.63) is 35.4 Å². The van der Waals surface area contributed by atoms with Crippen LogP contribution in [0, 0.1) is 6.92 Å². The minimum absolute atomic E-state index is 0.334. The van der Waals surface area contributed by atoms with E-state index in [9.17, 15) is 4.79 Å². The molecule has 0 aliphatic heterocycles. The second kappa shape index (κ2) is 5.51. The van der Waals surface area contributed by atoms with Gasteiger partial charge in [0.25, 0.3) is 0 Å². The first-order valence-electron chi connectivity index (χ1n) is 5.11. The number of ether oxygens (including phenoxy) is 1. The van der Waals surface area contributed by atoms with Gasteiger partial charge in [0.2, 0.25) is 0 Å². The Bertz CT molecular complexity index is 336. The van der Waals surface area contributed by atoms with Gasteiger partial charge in [-0.25, -0.2) is 0 Å². The maximum atomic E-state index is 11.3. The summed E-state index contributed by atoms with van der Waals surface area (Å²) < 4.78 is 4.84. The van der Waals surface area contributed by atoms with Crippen LogP contribution in [0.3, 0.4) is 0 Å². The summed E-state index contributed by atoms with van der Waals surface area (Å²) in [6.45, 7) is 4.16. The Balaban J connectivity index is 2.58. The molecule has 0 radical (unpaired) electrons. The van der Waals surface area contributed by atoms with Gasteiger partial charge in [-0.3, -0.25) is 4.79 Å². The molecule has 0 aliphatic carbocycles. The van der Waals surface area contributed by atoms with Gasteiger partial charge in [-0.05, 0) is 25.8 Å². The molecule has 1 aromatic carbocycles. The molecule has 0 aliphatic rings. The highest BCUT2D eigenvalue weighted by molar-refractivity contribution is 5.75. The van der Waals surface area contributed by atoms with Crippen molar-refractivity contribution in [2.24, 2.45) is 5.73 Å². The minimum atomic E-state index is -0.563. The predicted octanol–water partition coefficient (Wildman–Crippen LogP) is 1.43. The van der Waals surface area contributed by atoms with Gasteiger partial charge in [-0.2, -0.15) is 0 Å². The summed E-state index contributed by atoms with van der Waals surface area (Å²) >= 11 is 0. The maximum absolute atomic E-state index is 11.3. The number of rotatable bonds is 4. The van der Waals surface area contributed by atoms with Crippen LogP contribution in [0.25, 0.3) is 0 Å². The van der Waals surface area contributed by atoms with Gasteiger partial charge in [0.05, 0.1) is 6.61 Å². The average Bonchev–Trinajstić information content (AvgIpc) is 2.18. The zero-order valence-corrected chi connectivity index (χ0v) is 9.19. The molecule has 1 atom stereocenters. The lowest BCUT2D eigenvalue weighted by Crippen LogP contribution is -2.34. The van der Waals surface area contributed by atoms with Crippen molar-refractivity contribution in [1.29, 1.82) is 0 Å². The second-order valence-corrected chi connectivity index (χ2v) is 3.55. The number of carbonyl (C=O) groups excluding carboxylic acids is 1. The first-order chi connectivity index (χ1) is 7.13. The molecule has 0 heterocycles. The molecule has 0 aromatic heterocycles. The zero-order chi connectivity index (χ0) is 11.3. The van der Waals surface area contributed by atoms with Gasteiger partial charge in [-0.15, -0.1) is 0 Å². The number of esters is 1. The lowest BCUT2D eigenvalue weighted by Gasteiger charge is -2.10. The van der Waals surface area contributed by atoms with E-state index in [0.29, 0.717) is 13.0 Å². The highest BCUT2D eigenvalue weighted by Gasteiger charge is 2.14. The predicted molar refractivity (Wildman–Crippen MR) is 59.5 cm³/mol. The third kappa shape index (κ3) is 3.72. The van der Waals surface area contributed by atoms with Crippen LogP contribution < -0.4 is 5.73 Å². The van der Waals surface area contributed by atoms with Crippen LogP contribution in [-0.2, 0) is 16.0 Å². The summed E-state index contributed by atoms with van der Waals surface area (Å²) in [7, 11) is 0. The van der Waals surface area contributed by atoms with Crippen LogP contribution in [0.2, 0.25) is 0 Å². The van der Waals surface area contributed by atoms with Crippen molar-refractivity contribution in [2.75, 3.05) is 6.61 Å². The molecule has 82 valence electrons. The summed E-state index contributed by atoms with van der Waals surface area (Å²) in [5.74, 6) is -0.334. The van der Waals surface area contributed by atoms with E-state index >= 15 is 0 Å². The summed E-state index contributed by atoms with van der Waals surface area (Å²) in [4.78, 5) is 11.3. The topological polar surface area (TPSA) is 52.3 Å². The first kappa shape index (κ1) is 11.7. The Kier molecular flexibility index (Phi) is 4.31. The van der Waals surface area contributed by atoms with Gasteiger partial charge in [0.15, 0.2) is 0 Å². The third-order valence-corrected chi connectivity index (χ3v) is 2.13. The molecule has 0 unspecified atom stereocenters. The molecule has 0 saturated carbocycles. The largest absolute Gasteiger partial charge is 0.465 e. The summed E-state index contributed by atoms with van der Waals surface area (Å²) in [5, 5.41) is 0. The smallest absolute Gasteiger partial charge is 0.323 e. The van der Waals surface area contributed by atoms with Gasteiger partial charge < -0.3 is 10.5 Å². The molecule has 0 spiro atoms. The molecule has 3 nitrogen and oxygen atoms in total. The average molecular weight is 207 g/mol. The standard InChI is InChI=1S/C12H17NO2/c1-3-15-12(14)11(13)8-10-6-4-5-9(2)7-10/h4-7,11H,3,8,13H2,1-2H3/t11-/m0/s1. The molecule has 3 heteroatoms. The van der Waals surface area contributed by atoms with E-state index in [1.54, 1.807) is 6.92 Å². The minimum Gasteiger partial charge on any atom is -0.465 e. The Labute approximate surface area is 90.2 Å². The number of hydrogen-bond acceptors (Lipinski definition) is 3. The van der Waals surface area contributed by atoms with Crippen molar-refractivity contribution >= 4 is 5.97 Å².